The van der Waals surface area contributed by atoms with Crippen LogP contribution < -0.4 is 0 Å². The molecule has 0 aliphatic carbocycles. The van der Waals surface area contributed by atoms with Crippen LogP contribution in [0.5, 0.6) is 0 Å². The van der Waals surface area contributed by atoms with Gasteiger partial charge in [-0.3, -0.25) is 4.79 Å². The van der Waals surface area contributed by atoms with E-state index in [1.54, 1.807) is 13.8 Å². The van der Waals surface area contributed by atoms with E-state index in [2.05, 4.69) is 0 Å². The highest BCUT2D eigenvalue weighted by molar-refractivity contribution is 7.37. The van der Waals surface area contributed by atoms with Crippen molar-refractivity contribution in [3.8, 4) is 0 Å². The molecule has 1 atom stereocenters. The summed E-state index contributed by atoms with van der Waals surface area (Å²) in [4.78, 5) is 18.7. The highest BCUT2D eigenvalue weighted by Crippen LogP contribution is 2.22. The maximum atomic E-state index is 10.3. The first-order chi connectivity index (χ1) is 5.83. The molecular formula is C7H14O5P+. The third-order valence-corrected chi connectivity index (χ3v) is 1.86. The van der Waals surface area contributed by atoms with E-state index in [1.807, 2.05) is 0 Å². The Morgan fingerprint density at radius 2 is 2.08 bits per heavy atom. The van der Waals surface area contributed by atoms with Gasteiger partial charge in [-0.25, -0.2) is 0 Å². The van der Waals surface area contributed by atoms with Crippen LogP contribution in [0.4, 0.5) is 0 Å². The Morgan fingerprint density at radius 3 is 2.46 bits per heavy atom. The van der Waals surface area contributed by atoms with E-state index < -0.39 is 19.6 Å². The molecule has 0 heterocycles. The van der Waals surface area contributed by atoms with Crippen molar-refractivity contribution >= 4 is 14.0 Å². The van der Waals surface area contributed by atoms with Crippen molar-refractivity contribution in [2.45, 2.75) is 32.3 Å². The van der Waals surface area contributed by atoms with Crippen molar-refractivity contribution < 1.29 is 24.1 Å². The van der Waals surface area contributed by atoms with Gasteiger partial charge in [0.15, 0.2) is 0 Å². The van der Waals surface area contributed by atoms with Gasteiger partial charge in [-0.05, 0) is 24.8 Å². The van der Waals surface area contributed by atoms with E-state index in [0.29, 0.717) is 6.42 Å². The summed E-state index contributed by atoms with van der Waals surface area (Å²) in [7, 11) is -2.31. The van der Waals surface area contributed by atoms with Gasteiger partial charge in [0.1, 0.15) is 0 Å². The first-order valence-electron chi connectivity index (χ1n) is 3.83. The molecule has 0 rings (SSSR count). The molecule has 0 aromatic heterocycles. The van der Waals surface area contributed by atoms with Gasteiger partial charge in [-0.1, -0.05) is 0 Å². The summed E-state index contributed by atoms with van der Waals surface area (Å²) in [5, 5.41) is 8.39. The minimum absolute atomic E-state index is 0.00475. The molecule has 0 saturated carbocycles. The van der Waals surface area contributed by atoms with E-state index in [9.17, 15) is 9.36 Å². The van der Waals surface area contributed by atoms with Crippen molar-refractivity contribution in [2.75, 3.05) is 6.35 Å². The molecule has 0 aromatic rings. The summed E-state index contributed by atoms with van der Waals surface area (Å²) >= 11 is 0. The van der Waals surface area contributed by atoms with Crippen LogP contribution in [-0.4, -0.2) is 27.9 Å². The molecule has 0 spiro atoms. The van der Waals surface area contributed by atoms with Crippen LogP contribution in [0.2, 0.25) is 0 Å². The fraction of sp³-hybridized carbons (Fsp3) is 0.857. The highest BCUT2D eigenvalue weighted by Gasteiger charge is 2.24. The van der Waals surface area contributed by atoms with Crippen molar-refractivity contribution in [3.63, 3.8) is 0 Å². The molecule has 6 heteroatoms. The second-order valence-corrected chi connectivity index (χ2v) is 4.24. The Balaban J connectivity index is 3.79. The van der Waals surface area contributed by atoms with E-state index in [-0.39, 0.29) is 12.8 Å². The molecule has 5 nitrogen and oxygen atoms in total. The van der Waals surface area contributed by atoms with Gasteiger partial charge >= 0.3 is 14.0 Å². The molecule has 1 unspecified atom stereocenters. The van der Waals surface area contributed by atoms with Crippen LogP contribution >= 0.6 is 8.03 Å². The Hall–Kier alpha value is -0.510. The Morgan fingerprint density at radius 1 is 1.54 bits per heavy atom. The van der Waals surface area contributed by atoms with Crippen LogP contribution in [0.15, 0.2) is 0 Å². The SMILES string of the molecule is CC(C)(CCC(=O)O)OC[P+](=O)O. The molecular weight excluding hydrogens is 195 g/mol. The topological polar surface area (TPSA) is 83.8 Å². The lowest BCUT2D eigenvalue weighted by Crippen LogP contribution is -2.25. The number of rotatable bonds is 6. The van der Waals surface area contributed by atoms with Gasteiger partial charge in [-0.2, -0.15) is 4.89 Å². The van der Waals surface area contributed by atoms with E-state index in [1.165, 1.54) is 0 Å². The number of carboxylic acids is 1. The molecule has 0 saturated heterocycles. The Bertz CT molecular complexity index is 181. The van der Waals surface area contributed by atoms with E-state index in [0.717, 1.165) is 0 Å². The average molecular weight is 209 g/mol. The summed E-state index contributed by atoms with van der Waals surface area (Å²) in [6.45, 7) is 3.38. The molecule has 0 aromatic carbocycles. The van der Waals surface area contributed by atoms with Crippen molar-refractivity contribution in [3.05, 3.63) is 0 Å². The number of carboxylic acid groups (broad SMARTS) is 1. The van der Waals surface area contributed by atoms with Gasteiger partial charge in [0.05, 0.1) is 5.60 Å². The minimum Gasteiger partial charge on any atom is -0.481 e. The molecule has 0 radical (unpaired) electrons. The summed E-state index contributed by atoms with van der Waals surface area (Å²) in [5.41, 5.74) is -0.661. The first kappa shape index (κ1) is 12.5. The zero-order valence-electron chi connectivity index (χ0n) is 7.69. The predicted molar refractivity (Wildman–Crippen MR) is 46.7 cm³/mol. The molecule has 2 N–H and O–H groups in total. The fourth-order valence-corrected chi connectivity index (χ4v) is 1.17. The Labute approximate surface area is 77.6 Å². The smallest absolute Gasteiger partial charge is 0.481 e. The fourth-order valence-electron chi connectivity index (χ4n) is 0.710. The van der Waals surface area contributed by atoms with Crippen LogP contribution in [-0.2, 0) is 14.1 Å². The number of carbonyl (C=O) groups is 1. The average Bonchev–Trinajstić information content (AvgIpc) is 1.98. The molecule has 0 aliphatic heterocycles. The quantitative estimate of drug-likeness (QED) is 0.645. The zero-order chi connectivity index (χ0) is 10.5. The number of ether oxygens (including phenoxy) is 1. The summed E-state index contributed by atoms with van der Waals surface area (Å²) < 4.78 is 15.3. The van der Waals surface area contributed by atoms with Crippen molar-refractivity contribution in [1.82, 2.24) is 0 Å². The van der Waals surface area contributed by atoms with Gasteiger partial charge in [0.25, 0.3) is 6.35 Å². The second kappa shape index (κ2) is 5.27. The predicted octanol–water partition coefficient (Wildman–Crippen LogP) is 1.34. The lowest BCUT2D eigenvalue weighted by Gasteiger charge is -2.21. The van der Waals surface area contributed by atoms with Crippen molar-refractivity contribution in [2.24, 2.45) is 0 Å². The summed E-state index contributed by atoms with van der Waals surface area (Å²) in [6, 6.07) is 0. The number of hydrogen-bond donors (Lipinski definition) is 2. The summed E-state index contributed by atoms with van der Waals surface area (Å²) in [5.74, 6) is -0.898. The lowest BCUT2D eigenvalue weighted by molar-refractivity contribution is -0.138. The van der Waals surface area contributed by atoms with Gasteiger partial charge in [0.2, 0.25) is 0 Å². The van der Waals surface area contributed by atoms with Crippen LogP contribution in [0.3, 0.4) is 0 Å². The number of aliphatic carboxylic acids is 1. The third kappa shape index (κ3) is 7.84. The molecule has 0 bridgehead atoms. The van der Waals surface area contributed by atoms with Gasteiger partial charge in [-0.15, -0.1) is 0 Å². The van der Waals surface area contributed by atoms with E-state index >= 15 is 0 Å². The molecule has 0 amide bonds. The number of hydrogen-bond acceptors (Lipinski definition) is 3. The minimum atomic E-state index is -2.31. The standard InChI is InChI=1S/C7H13O5P/c1-7(2,4-3-6(8)9)12-5-13(10)11/h3-5H2,1-2H3,(H-,8,9,10,11)/p+1. The molecule has 0 aliphatic rings. The van der Waals surface area contributed by atoms with Crippen LogP contribution in [0.25, 0.3) is 0 Å². The normalized spacial score (nSPS) is 12.7. The monoisotopic (exact) mass is 209 g/mol. The van der Waals surface area contributed by atoms with Crippen LogP contribution in [0.1, 0.15) is 26.7 Å². The molecule has 0 fully saturated rings. The largest absolute Gasteiger partial charge is 0.534 e. The molecule has 76 valence electrons. The maximum absolute atomic E-state index is 10.3. The summed E-state index contributed by atoms with van der Waals surface area (Å²) in [6.07, 6.45) is 0.0721. The second-order valence-electron chi connectivity index (χ2n) is 3.28. The van der Waals surface area contributed by atoms with Crippen LogP contribution in [0, 0.1) is 0 Å². The van der Waals surface area contributed by atoms with E-state index in [4.69, 9.17) is 14.7 Å². The molecule has 13 heavy (non-hydrogen) atoms. The first-order valence-corrected chi connectivity index (χ1v) is 5.22. The van der Waals surface area contributed by atoms with Gasteiger partial charge < -0.3 is 9.84 Å². The van der Waals surface area contributed by atoms with Crippen molar-refractivity contribution in [1.29, 1.82) is 0 Å². The maximum Gasteiger partial charge on any atom is 0.534 e. The zero-order valence-corrected chi connectivity index (χ0v) is 8.58. The highest BCUT2D eigenvalue weighted by atomic mass is 31.1. The van der Waals surface area contributed by atoms with Gasteiger partial charge in [0, 0.05) is 6.42 Å². The third-order valence-electron chi connectivity index (χ3n) is 1.51. The lowest BCUT2D eigenvalue weighted by atomic mass is 10.0. The Kier molecular flexibility index (Phi) is 5.06.